The Kier molecular flexibility index (Phi) is 2.24. The zero-order chi connectivity index (χ0) is 9.26. The molecule has 0 unspecified atom stereocenters. The smallest absolute Gasteiger partial charge is 0.127 e. The fourth-order valence-corrected chi connectivity index (χ4v) is 2.06. The van der Waals surface area contributed by atoms with E-state index >= 15 is 0 Å². The predicted octanol–water partition coefficient (Wildman–Crippen LogP) is 2.45. The van der Waals surface area contributed by atoms with Gasteiger partial charge >= 0.3 is 0 Å². The van der Waals surface area contributed by atoms with Crippen LogP contribution < -0.4 is 4.74 Å². The summed E-state index contributed by atoms with van der Waals surface area (Å²) < 4.78 is 6.57. The molecule has 0 saturated heterocycles. The zero-order valence-electron chi connectivity index (χ0n) is 7.01. The molecule has 0 fully saturated rings. The summed E-state index contributed by atoms with van der Waals surface area (Å²) in [4.78, 5) is 0. The number of ether oxygens (including phenoxy) is 1. The van der Waals surface area contributed by atoms with Gasteiger partial charge in [-0.2, -0.15) is 5.26 Å². The first-order chi connectivity index (χ1) is 6.33. The lowest BCUT2D eigenvalue weighted by Gasteiger charge is -2.05. The van der Waals surface area contributed by atoms with Crippen molar-refractivity contribution in [1.82, 2.24) is 0 Å². The lowest BCUT2D eigenvalue weighted by Crippen LogP contribution is -1.90. The summed E-state index contributed by atoms with van der Waals surface area (Å²) >= 11 is 3.47. The van der Waals surface area contributed by atoms with E-state index in [1.54, 1.807) is 0 Å². The molecule has 1 aliphatic heterocycles. The molecule has 1 aliphatic rings. The van der Waals surface area contributed by atoms with Gasteiger partial charge < -0.3 is 4.74 Å². The van der Waals surface area contributed by atoms with Crippen molar-refractivity contribution in [1.29, 1.82) is 5.26 Å². The Morgan fingerprint density at radius 3 is 3.15 bits per heavy atom. The molecule has 0 radical (unpaired) electrons. The molecule has 66 valence electrons. The Morgan fingerprint density at radius 1 is 1.54 bits per heavy atom. The highest BCUT2D eigenvalue weighted by atomic mass is 79.9. The highest BCUT2D eigenvalue weighted by Crippen LogP contribution is 2.35. The van der Waals surface area contributed by atoms with Crippen LogP contribution in [0.15, 0.2) is 16.6 Å². The monoisotopic (exact) mass is 237 g/mol. The van der Waals surface area contributed by atoms with Crippen LogP contribution in [0.4, 0.5) is 0 Å². The minimum absolute atomic E-state index is 0.426. The molecule has 2 rings (SSSR count). The highest BCUT2D eigenvalue weighted by Gasteiger charge is 2.18. The quantitative estimate of drug-likeness (QED) is 0.752. The summed E-state index contributed by atoms with van der Waals surface area (Å²) in [6, 6.07) is 6.07. The average Bonchev–Trinajstić information content (AvgIpc) is 2.59. The summed E-state index contributed by atoms with van der Waals surface area (Å²) in [6.45, 7) is 0.733. The molecule has 2 nitrogen and oxygen atoms in total. The van der Waals surface area contributed by atoms with E-state index in [1.807, 2.05) is 12.1 Å². The van der Waals surface area contributed by atoms with Crippen LogP contribution in [0.3, 0.4) is 0 Å². The van der Waals surface area contributed by atoms with Crippen LogP contribution in [0.1, 0.15) is 11.1 Å². The van der Waals surface area contributed by atoms with Gasteiger partial charge in [0.1, 0.15) is 5.75 Å². The summed E-state index contributed by atoms with van der Waals surface area (Å²) in [5.74, 6) is 0.913. The predicted molar refractivity (Wildman–Crippen MR) is 52.7 cm³/mol. The van der Waals surface area contributed by atoms with Crippen LogP contribution in [0.25, 0.3) is 0 Å². The zero-order valence-corrected chi connectivity index (χ0v) is 8.60. The first-order valence-electron chi connectivity index (χ1n) is 4.13. The fraction of sp³-hybridized carbons (Fsp3) is 0.300. The van der Waals surface area contributed by atoms with Gasteiger partial charge in [-0.05, 0) is 6.07 Å². The topological polar surface area (TPSA) is 33.0 Å². The largest absolute Gasteiger partial charge is 0.493 e. The van der Waals surface area contributed by atoms with Crippen LogP contribution in [0, 0.1) is 11.3 Å². The molecule has 0 bridgehead atoms. The SMILES string of the molecule is N#CCc1ccc(Br)c2c1OCC2. The Bertz CT molecular complexity index is 381. The second-order valence-electron chi connectivity index (χ2n) is 2.95. The maximum absolute atomic E-state index is 8.60. The summed E-state index contributed by atoms with van der Waals surface area (Å²) in [6.07, 6.45) is 1.37. The van der Waals surface area contributed by atoms with Crippen molar-refractivity contribution in [2.24, 2.45) is 0 Å². The molecule has 0 aliphatic carbocycles. The second kappa shape index (κ2) is 3.39. The molecule has 13 heavy (non-hydrogen) atoms. The lowest BCUT2D eigenvalue weighted by molar-refractivity contribution is 0.354. The third kappa shape index (κ3) is 1.42. The van der Waals surface area contributed by atoms with Crippen molar-refractivity contribution in [3.63, 3.8) is 0 Å². The number of nitriles is 1. The van der Waals surface area contributed by atoms with Gasteiger partial charge in [0.25, 0.3) is 0 Å². The van der Waals surface area contributed by atoms with Gasteiger partial charge in [-0.15, -0.1) is 0 Å². The number of hydrogen-bond donors (Lipinski definition) is 0. The molecule has 0 atom stereocenters. The van der Waals surface area contributed by atoms with Crippen LogP contribution in [0.5, 0.6) is 5.75 Å². The Morgan fingerprint density at radius 2 is 2.38 bits per heavy atom. The molecule has 0 spiro atoms. The molecule has 0 amide bonds. The van der Waals surface area contributed by atoms with Gasteiger partial charge in [0, 0.05) is 22.0 Å². The van der Waals surface area contributed by atoms with E-state index in [-0.39, 0.29) is 0 Å². The van der Waals surface area contributed by atoms with Gasteiger partial charge in [-0.1, -0.05) is 22.0 Å². The number of benzene rings is 1. The van der Waals surface area contributed by atoms with Crippen LogP contribution in [-0.2, 0) is 12.8 Å². The van der Waals surface area contributed by atoms with Crippen LogP contribution >= 0.6 is 15.9 Å². The molecule has 0 N–H and O–H groups in total. The molecule has 1 heterocycles. The van der Waals surface area contributed by atoms with E-state index in [0.717, 1.165) is 28.8 Å². The van der Waals surface area contributed by atoms with E-state index < -0.39 is 0 Å². The standard InChI is InChI=1S/C10H8BrNO/c11-9-2-1-7(3-5-12)10-8(9)4-6-13-10/h1-2H,3-4,6H2. The fourth-order valence-electron chi connectivity index (χ4n) is 1.54. The molecular formula is C10H8BrNO. The van der Waals surface area contributed by atoms with Gasteiger partial charge in [-0.25, -0.2) is 0 Å². The minimum atomic E-state index is 0.426. The Balaban J connectivity index is 2.51. The van der Waals surface area contributed by atoms with Crippen molar-refractivity contribution in [3.8, 4) is 11.8 Å². The normalized spacial score (nSPS) is 13.2. The van der Waals surface area contributed by atoms with Crippen molar-refractivity contribution < 1.29 is 4.74 Å². The first kappa shape index (κ1) is 8.58. The van der Waals surface area contributed by atoms with Gasteiger partial charge in [-0.3, -0.25) is 0 Å². The molecule has 3 heteroatoms. The van der Waals surface area contributed by atoms with Gasteiger partial charge in [0.2, 0.25) is 0 Å². The van der Waals surface area contributed by atoms with E-state index in [0.29, 0.717) is 6.42 Å². The van der Waals surface area contributed by atoms with Gasteiger partial charge in [0.15, 0.2) is 0 Å². The maximum atomic E-state index is 8.60. The maximum Gasteiger partial charge on any atom is 0.127 e. The Hall–Kier alpha value is -1.01. The third-order valence-corrected chi connectivity index (χ3v) is 2.90. The molecule has 0 aromatic heterocycles. The second-order valence-corrected chi connectivity index (χ2v) is 3.80. The summed E-state index contributed by atoms with van der Waals surface area (Å²) in [5, 5.41) is 8.60. The molecule has 1 aromatic rings. The number of rotatable bonds is 1. The molecular weight excluding hydrogens is 230 g/mol. The highest BCUT2D eigenvalue weighted by molar-refractivity contribution is 9.10. The third-order valence-electron chi connectivity index (χ3n) is 2.15. The average molecular weight is 238 g/mol. The number of nitrogens with zero attached hydrogens (tertiary/aromatic N) is 1. The summed E-state index contributed by atoms with van der Waals surface area (Å²) in [5.41, 5.74) is 2.20. The van der Waals surface area contributed by atoms with Crippen molar-refractivity contribution in [3.05, 3.63) is 27.7 Å². The number of fused-ring (bicyclic) bond motifs is 1. The minimum Gasteiger partial charge on any atom is -0.493 e. The van der Waals surface area contributed by atoms with E-state index in [9.17, 15) is 0 Å². The van der Waals surface area contributed by atoms with Gasteiger partial charge in [0.05, 0.1) is 19.1 Å². The summed E-state index contributed by atoms with van der Waals surface area (Å²) in [7, 11) is 0. The Labute approximate surface area is 85.3 Å². The molecule has 0 saturated carbocycles. The van der Waals surface area contributed by atoms with Crippen LogP contribution in [-0.4, -0.2) is 6.61 Å². The van der Waals surface area contributed by atoms with Crippen molar-refractivity contribution in [2.45, 2.75) is 12.8 Å². The number of hydrogen-bond acceptors (Lipinski definition) is 2. The van der Waals surface area contributed by atoms with Crippen molar-refractivity contribution >= 4 is 15.9 Å². The van der Waals surface area contributed by atoms with E-state index in [2.05, 4.69) is 22.0 Å². The first-order valence-corrected chi connectivity index (χ1v) is 4.92. The van der Waals surface area contributed by atoms with E-state index in [1.165, 1.54) is 5.56 Å². The lowest BCUT2D eigenvalue weighted by atomic mass is 10.1. The van der Waals surface area contributed by atoms with E-state index in [4.69, 9.17) is 10.00 Å². The number of halogens is 1. The van der Waals surface area contributed by atoms with Crippen molar-refractivity contribution in [2.75, 3.05) is 6.61 Å². The van der Waals surface area contributed by atoms with Crippen LogP contribution in [0.2, 0.25) is 0 Å². The molecule has 1 aromatic carbocycles.